The van der Waals surface area contributed by atoms with Gasteiger partial charge < -0.3 is 15.1 Å². The number of phenols is 2. The molecule has 2 N–H and O–H groups in total. The molecule has 0 atom stereocenters. The quantitative estimate of drug-likeness (QED) is 0.145. The number of phenolic OH excluding ortho intramolecular Hbond substituents is 2. The molecule has 0 aliphatic heterocycles. The van der Waals surface area contributed by atoms with Crippen molar-refractivity contribution in [1.29, 1.82) is 0 Å². The normalized spacial score (nSPS) is 11.4. The van der Waals surface area contributed by atoms with Gasteiger partial charge in [-0.2, -0.15) is 10.2 Å². The Morgan fingerprint density at radius 2 is 1.38 bits per heavy atom. The van der Waals surface area contributed by atoms with Crippen molar-refractivity contribution < 1.29 is 15.1 Å². The van der Waals surface area contributed by atoms with Gasteiger partial charge in [-0.3, -0.25) is 10.1 Å². The molecule has 0 unspecified atom stereocenters. The molecule has 0 aliphatic carbocycles. The van der Waals surface area contributed by atoms with Gasteiger partial charge >= 0.3 is 0 Å². The number of nitrogens with zero attached hydrogens (tertiary/aromatic N) is 6. The van der Waals surface area contributed by atoms with Crippen LogP contribution in [0.3, 0.4) is 0 Å². The molecule has 3 aromatic rings. The van der Waals surface area contributed by atoms with E-state index in [2.05, 4.69) is 39.2 Å². The van der Waals surface area contributed by atoms with Crippen LogP contribution >= 0.6 is 0 Å². The molecule has 10 nitrogen and oxygen atoms in total. The molecule has 0 saturated carbocycles. The van der Waals surface area contributed by atoms with E-state index in [9.17, 15) is 20.3 Å². The third-order valence-electron chi connectivity index (χ3n) is 5.78. The van der Waals surface area contributed by atoms with Crippen molar-refractivity contribution in [1.82, 2.24) is 0 Å². The number of hydrogen-bond acceptors (Lipinski definition) is 9. The van der Waals surface area contributed by atoms with Crippen molar-refractivity contribution in [3.8, 4) is 11.5 Å². The second kappa shape index (κ2) is 13.1. The number of azo groups is 2. The molecule has 0 bridgehead atoms. The van der Waals surface area contributed by atoms with Gasteiger partial charge in [0.2, 0.25) is 0 Å². The van der Waals surface area contributed by atoms with E-state index in [0.717, 1.165) is 44.5 Å². The standard InChI is InChI=1S/C27H32N6O4/c1-4-6-14-32(15-7-5-2)22-12-13-23(26(34)17-22)29-31-25-16-19(3)24(18-27(25)35)30-28-20-8-10-21(11-9-20)33(36)37/h8-13,16-18,34-35H,4-7,14-15H2,1-3H3. The summed E-state index contributed by atoms with van der Waals surface area (Å²) < 4.78 is 0. The molecular weight excluding hydrogens is 472 g/mol. The van der Waals surface area contributed by atoms with E-state index in [-0.39, 0.29) is 22.9 Å². The highest BCUT2D eigenvalue weighted by Gasteiger charge is 2.11. The monoisotopic (exact) mass is 504 g/mol. The van der Waals surface area contributed by atoms with Gasteiger partial charge in [0.05, 0.1) is 16.3 Å². The summed E-state index contributed by atoms with van der Waals surface area (Å²) in [6.45, 7) is 7.96. The molecule has 0 amide bonds. The van der Waals surface area contributed by atoms with Crippen LogP contribution < -0.4 is 4.90 Å². The zero-order chi connectivity index (χ0) is 26.8. The van der Waals surface area contributed by atoms with Crippen molar-refractivity contribution in [2.45, 2.75) is 46.5 Å². The van der Waals surface area contributed by atoms with Gasteiger partial charge in [-0.25, -0.2) is 0 Å². The maximum atomic E-state index is 10.8. The Labute approximate surface area is 216 Å². The lowest BCUT2D eigenvalue weighted by Crippen LogP contribution is -2.25. The predicted octanol–water partition coefficient (Wildman–Crippen LogP) is 8.55. The molecule has 37 heavy (non-hydrogen) atoms. The fraction of sp³-hybridized carbons (Fsp3) is 0.333. The average molecular weight is 505 g/mol. The van der Waals surface area contributed by atoms with E-state index >= 15 is 0 Å². The van der Waals surface area contributed by atoms with E-state index in [1.165, 1.54) is 30.3 Å². The number of benzene rings is 3. The van der Waals surface area contributed by atoms with Crippen molar-refractivity contribution in [2.24, 2.45) is 20.5 Å². The first kappa shape index (κ1) is 27.3. The Hall–Kier alpha value is -4.34. The van der Waals surface area contributed by atoms with Crippen molar-refractivity contribution in [3.05, 3.63) is 70.3 Å². The number of nitro benzene ring substituents is 1. The first-order valence-corrected chi connectivity index (χ1v) is 12.3. The Morgan fingerprint density at radius 1 is 0.784 bits per heavy atom. The third kappa shape index (κ3) is 7.57. The predicted molar refractivity (Wildman–Crippen MR) is 144 cm³/mol. The lowest BCUT2D eigenvalue weighted by atomic mass is 10.1. The fourth-order valence-electron chi connectivity index (χ4n) is 3.58. The summed E-state index contributed by atoms with van der Waals surface area (Å²) in [6.07, 6.45) is 4.35. The average Bonchev–Trinajstić information content (AvgIpc) is 2.89. The van der Waals surface area contributed by atoms with E-state index in [1.807, 2.05) is 6.07 Å². The second-order valence-corrected chi connectivity index (χ2v) is 8.67. The van der Waals surface area contributed by atoms with E-state index < -0.39 is 4.92 Å². The zero-order valence-electron chi connectivity index (χ0n) is 21.3. The Balaban J connectivity index is 1.75. The topological polar surface area (TPSA) is 136 Å². The number of non-ortho nitro benzene ring substituents is 1. The van der Waals surface area contributed by atoms with Crippen LogP contribution in [-0.4, -0.2) is 28.2 Å². The van der Waals surface area contributed by atoms with Crippen molar-refractivity contribution in [2.75, 3.05) is 18.0 Å². The molecular formula is C27H32N6O4. The summed E-state index contributed by atoms with van der Waals surface area (Å²) in [5.74, 6) is -0.127. The van der Waals surface area contributed by atoms with Crippen LogP contribution in [0.25, 0.3) is 0 Å². The number of hydrogen-bond donors (Lipinski definition) is 2. The highest BCUT2D eigenvalue weighted by molar-refractivity contribution is 5.64. The maximum absolute atomic E-state index is 10.8. The SMILES string of the molecule is CCCCN(CCCC)c1ccc(N=Nc2cc(C)c(N=Nc3ccc([N+](=O)[O-])cc3)cc2O)c(O)c1. The molecule has 3 aromatic carbocycles. The summed E-state index contributed by atoms with van der Waals surface area (Å²) in [5.41, 5.74) is 2.99. The van der Waals surface area contributed by atoms with Crippen LogP contribution in [0.4, 0.5) is 34.1 Å². The summed E-state index contributed by atoms with van der Waals surface area (Å²) in [7, 11) is 0. The van der Waals surface area contributed by atoms with Crippen LogP contribution in [0.15, 0.2) is 75.1 Å². The van der Waals surface area contributed by atoms with Crippen molar-refractivity contribution in [3.63, 3.8) is 0 Å². The lowest BCUT2D eigenvalue weighted by Gasteiger charge is -2.25. The van der Waals surface area contributed by atoms with Crippen LogP contribution in [0, 0.1) is 17.0 Å². The zero-order valence-corrected chi connectivity index (χ0v) is 21.3. The third-order valence-corrected chi connectivity index (χ3v) is 5.78. The molecule has 0 saturated heterocycles. The number of anilines is 1. The first-order chi connectivity index (χ1) is 17.8. The molecule has 0 spiro atoms. The number of nitro groups is 1. The summed E-state index contributed by atoms with van der Waals surface area (Å²) in [4.78, 5) is 12.6. The van der Waals surface area contributed by atoms with Gasteiger partial charge in [-0.05, 0) is 55.7 Å². The molecule has 3 rings (SSSR count). The van der Waals surface area contributed by atoms with Crippen LogP contribution in [0.1, 0.15) is 45.1 Å². The van der Waals surface area contributed by atoms with Gasteiger partial charge in [0.1, 0.15) is 22.9 Å². The summed E-state index contributed by atoms with van der Waals surface area (Å²) >= 11 is 0. The van der Waals surface area contributed by atoms with Crippen LogP contribution in [-0.2, 0) is 0 Å². The molecule has 0 aromatic heterocycles. The Morgan fingerprint density at radius 3 is 1.97 bits per heavy atom. The largest absolute Gasteiger partial charge is 0.506 e. The second-order valence-electron chi connectivity index (χ2n) is 8.67. The number of aryl methyl sites for hydroxylation is 1. The molecule has 10 heteroatoms. The minimum Gasteiger partial charge on any atom is -0.506 e. The van der Waals surface area contributed by atoms with Gasteiger partial charge in [0.15, 0.2) is 0 Å². The minimum absolute atomic E-state index is 0.0176. The van der Waals surface area contributed by atoms with Crippen LogP contribution in [0.2, 0.25) is 0 Å². The van der Waals surface area contributed by atoms with E-state index in [0.29, 0.717) is 22.6 Å². The van der Waals surface area contributed by atoms with Crippen LogP contribution in [0.5, 0.6) is 11.5 Å². The van der Waals surface area contributed by atoms with E-state index in [4.69, 9.17) is 0 Å². The van der Waals surface area contributed by atoms with Gasteiger partial charge in [0, 0.05) is 43.0 Å². The smallest absolute Gasteiger partial charge is 0.269 e. The molecule has 194 valence electrons. The van der Waals surface area contributed by atoms with Gasteiger partial charge in [0.25, 0.3) is 5.69 Å². The molecule has 0 heterocycles. The fourth-order valence-corrected chi connectivity index (χ4v) is 3.58. The molecule has 0 aliphatic rings. The molecule has 0 radical (unpaired) electrons. The van der Waals surface area contributed by atoms with Crippen molar-refractivity contribution >= 4 is 34.1 Å². The summed E-state index contributed by atoms with van der Waals surface area (Å²) in [5, 5.41) is 48.2. The lowest BCUT2D eigenvalue weighted by molar-refractivity contribution is -0.384. The Bertz CT molecular complexity index is 1270. The first-order valence-electron chi connectivity index (χ1n) is 12.3. The highest BCUT2D eigenvalue weighted by atomic mass is 16.6. The summed E-state index contributed by atoms with van der Waals surface area (Å²) in [6, 6.07) is 14.0. The van der Waals surface area contributed by atoms with Gasteiger partial charge in [-0.15, -0.1) is 10.2 Å². The number of rotatable bonds is 12. The highest BCUT2D eigenvalue weighted by Crippen LogP contribution is 2.37. The van der Waals surface area contributed by atoms with E-state index in [1.54, 1.807) is 25.1 Å². The Kier molecular flexibility index (Phi) is 9.65. The minimum atomic E-state index is -0.486. The maximum Gasteiger partial charge on any atom is 0.269 e. The number of aromatic hydroxyl groups is 2. The van der Waals surface area contributed by atoms with Gasteiger partial charge in [-0.1, -0.05) is 26.7 Å². The number of unbranched alkanes of at least 4 members (excludes halogenated alkanes) is 2. The molecule has 0 fully saturated rings.